The predicted octanol–water partition coefficient (Wildman–Crippen LogP) is 4.80. The third kappa shape index (κ3) is 4.36. The van der Waals surface area contributed by atoms with Crippen LogP contribution in [0.1, 0.15) is 40.5 Å². The van der Waals surface area contributed by atoms with E-state index < -0.39 is 0 Å². The minimum absolute atomic E-state index is 0.0285. The molecule has 3 aromatic rings. The van der Waals surface area contributed by atoms with Crippen molar-refractivity contribution >= 4 is 50.7 Å². The van der Waals surface area contributed by atoms with Crippen LogP contribution in [-0.2, 0) is 11.2 Å². The molecular weight excluding hydrogens is 378 g/mol. The number of thiophene rings is 1. The quantitative estimate of drug-likeness (QED) is 0.366. The number of aromatic nitrogens is 2. The van der Waals surface area contributed by atoms with E-state index >= 15 is 0 Å². The van der Waals surface area contributed by atoms with Crippen LogP contribution in [0.5, 0.6) is 0 Å². The number of thioether (sulfide) groups is 1. The molecule has 0 aliphatic carbocycles. The van der Waals surface area contributed by atoms with E-state index in [1.54, 1.807) is 35.6 Å². The Morgan fingerprint density at radius 3 is 2.70 bits per heavy atom. The molecule has 0 atom stereocenters. The molecule has 0 aliphatic rings. The van der Waals surface area contributed by atoms with E-state index in [4.69, 9.17) is 0 Å². The fourth-order valence-corrected chi connectivity index (χ4v) is 4.68. The van der Waals surface area contributed by atoms with Crippen molar-refractivity contribution in [3.05, 3.63) is 46.1 Å². The lowest BCUT2D eigenvalue weighted by Crippen LogP contribution is -2.14. The van der Waals surface area contributed by atoms with Crippen LogP contribution in [0.2, 0.25) is 0 Å². The molecule has 0 saturated carbocycles. The summed E-state index contributed by atoms with van der Waals surface area (Å²) >= 11 is 3.09. The van der Waals surface area contributed by atoms with E-state index in [0.29, 0.717) is 11.3 Å². The number of benzene rings is 1. The second kappa shape index (κ2) is 8.19. The number of nitrogens with one attached hydrogen (secondary N) is 1. The lowest BCUT2D eigenvalue weighted by Gasteiger charge is -2.08. The summed E-state index contributed by atoms with van der Waals surface area (Å²) < 4.78 is 0. The number of aryl methyl sites for hydroxylation is 3. The van der Waals surface area contributed by atoms with Gasteiger partial charge in [0.2, 0.25) is 5.91 Å². The van der Waals surface area contributed by atoms with Gasteiger partial charge >= 0.3 is 0 Å². The summed E-state index contributed by atoms with van der Waals surface area (Å²) in [5.74, 6) is 0.878. The molecule has 140 valence electrons. The van der Waals surface area contributed by atoms with E-state index in [0.717, 1.165) is 27.5 Å². The first kappa shape index (κ1) is 19.5. The summed E-state index contributed by atoms with van der Waals surface area (Å²) in [7, 11) is 0. The molecule has 0 fully saturated rings. The Morgan fingerprint density at radius 1 is 1.22 bits per heavy atom. The Hall–Kier alpha value is -2.25. The monoisotopic (exact) mass is 399 g/mol. The molecule has 7 heteroatoms. The van der Waals surface area contributed by atoms with Crippen molar-refractivity contribution in [2.45, 2.75) is 39.1 Å². The molecule has 0 spiro atoms. The molecule has 1 N–H and O–H groups in total. The van der Waals surface area contributed by atoms with Crippen LogP contribution in [0.15, 0.2) is 29.3 Å². The number of Topliss-reactive ketones (excluding diaryl/α,β-unsaturated/α-hetero) is 1. The normalized spacial score (nSPS) is 11.0. The summed E-state index contributed by atoms with van der Waals surface area (Å²) in [4.78, 5) is 35.3. The van der Waals surface area contributed by atoms with Crippen molar-refractivity contribution in [2.24, 2.45) is 0 Å². The maximum absolute atomic E-state index is 12.4. The van der Waals surface area contributed by atoms with Gasteiger partial charge in [-0.25, -0.2) is 9.97 Å². The average Bonchev–Trinajstić information content (AvgIpc) is 2.93. The topological polar surface area (TPSA) is 72.0 Å². The number of carbonyl (C=O) groups is 2. The molecule has 2 heterocycles. The third-order valence-corrected chi connectivity index (χ3v) is 6.33. The maximum Gasteiger partial charge on any atom is 0.234 e. The molecule has 1 aromatic carbocycles. The highest BCUT2D eigenvalue weighted by atomic mass is 32.2. The smallest absolute Gasteiger partial charge is 0.234 e. The Morgan fingerprint density at radius 2 is 2.00 bits per heavy atom. The van der Waals surface area contributed by atoms with Gasteiger partial charge in [0, 0.05) is 27.9 Å². The first-order valence-electron chi connectivity index (χ1n) is 8.69. The van der Waals surface area contributed by atoms with E-state index in [9.17, 15) is 9.59 Å². The van der Waals surface area contributed by atoms with Gasteiger partial charge in [0.1, 0.15) is 15.7 Å². The average molecular weight is 400 g/mol. The fraction of sp³-hybridized carbons (Fsp3) is 0.300. The summed E-state index contributed by atoms with van der Waals surface area (Å²) in [6, 6.07) is 6.96. The molecule has 0 radical (unpaired) electrons. The van der Waals surface area contributed by atoms with Crippen molar-refractivity contribution in [3.63, 3.8) is 0 Å². The Labute approximate surface area is 166 Å². The van der Waals surface area contributed by atoms with Crippen molar-refractivity contribution in [2.75, 3.05) is 11.1 Å². The van der Waals surface area contributed by atoms with Gasteiger partial charge in [0.25, 0.3) is 0 Å². The lowest BCUT2D eigenvalue weighted by molar-refractivity contribution is -0.113. The first-order chi connectivity index (χ1) is 12.9. The first-order valence-corrected chi connectivity index (χ1v) is 10.5. The van der Waals surface area contributed by atoms with Crippen LogP contribution < -0.4 is 5.32 Å². The van der Waals surface area contributed by atoms with Gasteiger partial charge in [-0.1, -0.05) is 30.8 Å². The molecular formula is C20H21N3O2S2. The van der Waals surface area contributed by atoms with Crippen LogP contribution in [0.25, 0.3) is 10.2 Å². The molecule has 1 amide bonds. The van der Waals surface area contributed by atoms with Gasteiger partial charge in [0.15, 0.2) is 5.78 Å². The summed E-state index contributed by atoms with van der Waals surface area (Å²) in [6.07, 6.45) is 0.754. The van der Waals surface area contributed by atoms with E-state index in [-0.39, 0.29) is 17.4 Å². The van der Waals surface area contributed by atoms with Gasteiger partial charge in [-0.15, -0.1) is 11.3 Å². The number of fused-ring (bicyclic) bond motifs is 1. The molecule has 0 bridgehead atoms. The van der Waals surface area contributed by atoms with Gasteiger partial charge in [0.05, 0.1) is 5.75 Å². The Balaban J connectivity index is 1.77. The Kier molecular flexibility index (Phi) is 5.92. The summed E-state index contributed by atoms with van der Waals surface area (Å²) in [5.41, 5.74) is 2.38. The van der Waals surface area contributed by atoms with E-state index in [1.165, 1.54) is 29.1 Å². The molecule has 5 nitrogen and oxygen atoms in total. The number of amides is 1. The van der Waals surface area contributed by atoms with Crippen molar-refractivity contribution in [1.29, 1.82) is 0 Å². The van der Waals surface area contributed by atoms with Crippen molar-refractivity contribution in [3.8, 4) is 0 Å². The SMILES string of the molecule is CCc1nc(SCC(=O)Nc2cccc(C(C)=O)c2)c2c(C)c(C)sc2n1. The number of ketones is 1. The molecule has 27 heavy (non-hydrogen) atoms. The summed E-state index contributed by atoms with van der Waals surface area (Å²) in [5, 5.41) is 4.75. The van der Waals surface area contributed by atoms with Gasteiger partial charge < -0.3 is 5.32 Å². The van der Waals surface area contributed by atoms with Crippen LogP contribution in [0.4, 0.5) is 5.69 Å². The molecule has 0 saturated heterocycles. The van der Waals surface area contributed by atoms with Crippen LogP contribution in [0, 0.1) is 13.8 Å². The highest BCUT2D eigenvalue weighted by molar-refractivity contribution is 8.00. The Bertz CT molecular complexity index is 1030. The zero-order valence-corrected chi connectivity index (χ0v) is 17.4. The minimum atomic E-state index is -0.130. The van der Waals surface area contributed by atoms with Crippen LogP contribution in [-0.4, -0.2) is 27.4 Å². The largest absolute Gasteiger partial charge is 0.325 e. The maximum atomic E-state index is 12.4. The molecule has 0 aliphatic heterocycles. The number of hydrogen-bond acceptors (Lipinski definition) is 6. The highest BCUT2D eigenvalue weighted by Crippen LogP contribution is 2.35. The zero-order chi connectivity index (χ0) is 19.6. The van der Waals surface area contributed by atoms with E-state index in [1.807, 2.05) is 6.92 Å². The van der Waals surface area contributed by atoms with Gasteiger partial charge in [-0.2, -0.15) is 0 Å². The third-order valence-electron chi connectivity index (χ3n) is 4.25. The molecule has 0 unspecified atom stereocenters. The second-order valence-corrected chi connectivity index (χ2v) is 8.40. The number of carbonyl (C=O) groups excluding carboxylic acids is 2. The fourth-order valence-electron chi connectivity index (χ4n) is 2.66. The highest BCUT2D eigenvalue weighted by Gasteiger charge is 2.16. The molecule has 2 aromatic heterocycles. The number of rotatable bonds is 6. The summed E-state index contributed by atoms with van der Waals surface area (Å²) in [6.45, 7) is 7.68. The predicted molar refractivity (Wildman–Crippen MR) is 112 cm³/mol. The van der Waals surface area contributed by atoms with Crippen molar-refractivity contribution in [1.82, 2.24) is 9.97 Å². The number of nitrogens with zero attached hydrogens (tertiary/aromatic N) is 2. The zero-order valence-electron chi connectivity index (χ0n) is 15.8. The molecule has 3 rings (SSSR count). The number of hydrogen-bond donors (Lipinski definition) is 1. The van der Waals surface area contributed by atoms with Gasteiger partial charge in [-0.05, 0) is 38.5 Å². The lowest BCUT2D eigenvalue weighted by atomic mass is 10.1. The van der Waals surface area contributed by atoms with Crippen molar-refractivity contribution < 1.29 is 9.59 Å². The minimum Gasteiger partial charge on any atom is -0.325 e. The number of anilines is 1. The standard InChI is InChI=1S/C20H21N3O2S2/c1-5-16-22-19(18-11(2)13(4)27-20(18)23-16)26-10-17(25)21-15-8-6-7-14(9-15)12(3)24/h6-9H,5,10H2,1-4H3,(H,21,25). The van der Waals surface area contributed by atoms with Gasteiger partial charge in [-0.3, -0.25) is 9.59 Å². The van der Waals surface area contributed by atoms with Crippen LogP contribution in [0.3, 0.4) is 0 Å². The van der Waals surface area contributed by atoms with E-state index in [2.05, 4.69) is 29.1 Å². The second-order valence-electron chi connectivity index (χ2n) is 6.24. The van der Waals surface area contributed by atoms with Crippen LogP contribution >= 0.6 is 23.1 Å².